The maximum absolute atomic E-state index is 5.38. The van der Waals surface area contributed by atoms with Gasteiger partial charge in [-0.25, -0.2) is 0 Å². The first kappa shape index (κ1) is 17.1. The quantitative estimate of drug-likeness (QED) is 0.470. The van der Waals surface area contributed by atoms with E-state index in [2.05, 4.69) is 16.8 Å². The molecule has 0 aliphatic heterocycles. The summed E-state index contributed by atoms with van der Waals surface area (Å²) in [4.78, 5) is 0. The minimum absolute atomic E-state index is 0.706. The number of thioether (sulfide) groups is 1. The monoisotopic (exact) mass is 353 g/mol. The van der Waals surface area contributed by atoms with Crippen LogP contribution >= 0.6 is 11.8 Å². The highest BCUT2D eigenvalue weighted by Gasteiger charge is 2.17. The molecule has 0 saturated carbocycles. The van der Waals surface area contributed by atoms with Crippen molar-refractivity contribution in [1.82, 2.24) is 14.8 Å². The molecule has 0 radical (unpaired) electrons. The van der Waals surface area contributed by atoms with E-state index in [9.17, 15) is 0 Å². The van der Waals surface area contributed by atoms with Crippen LogP contribution in [0.5, 0.6) is 11.5 Å². The molecule has 3 rings (SSSR count). The fourth-order valence-corrected chi connectivity index (χ4v) is 3.12. The molecule has 1 heterocycles. The Labute approximate surface area is 151 Å². The third-order valence-corrected chi connectivity index (χ3v) is 4.51. The number of methoxy groups -OCH3 is 2. The molecule has 0 N–H and O–H groups in total. The summed E-state index contributed by atoms with van der Waals surface area (Å²) in [5.74, 6) is 2.90. The zero-order valence-electron chi connectivity index (χ0n) is 14.2. The molecule has 0 aliphatic rings. The Morgan fingerprint density at radius 1 is 1.04 bits per heavy atom. The van der Waals surface area contributed by atoms with Crippen LogP contribution < -0.4 is 9.47 Å². The second-order valence-corrected chi connectivity index (χ2v) is 6.17. The van der Waals surface area contributed by atoms with Crippen molar-refractivity contribution in [1.29, 1.82) is 0 Å². The average Bonchev–Trinajstić information content (AvgIpc) is 3.10. The molecule has 0 amide bonds. The lowest BCUT2D eigenvalue weighted by Gasteiger charge is -2.12. The average molecular weight is 353 g/mol. The smallest absolute Gasteiger partial charge is 0.196 e. The summed E-state index contributed by atoms with van der Waals surface area (Å²) in [5, 5.41) is 9.59. The molecule has 0 saturated heterocycles. The van der Waals surface area contributed by atoms with Crippen LogP contribution in [0.3, 0.4) is 0 Å². The highest BCUT2D eigenvalue weighted by molar-refractivity contribution is 7.99. The summed E-state index contributed by atoms with van der Waals surface area (Å²) in [5.41, 5.74) is 1.87. The van der Waals surface area contributed by atoms with Crippen LogP contribution in [0.15, 0.2) is 66.3 Å². The summed E-state index contributed by atoms with van der Waals surface area (Å²) in [6.07, 6.45) is 1.85. The van der Waals surface area contributed by atoms with E-state index < -0.39 is 0 Å². The molecular weight excluding hydrogens is 334 g/mol. The van der Waals surface area contributed by atoms with E-state index in [1.54, 1.807) is 26.0 Å². The Morgan fingerprint density at radius 3 is 2.32 bits per heavy atom. The van der Waals surface area contributed by atoms with Gasteiger partial charge in [-0.3, -0.25) is 4.57 Å². The Balaban J connectivity index is 2.16. The third-order valence-electron chi connectivity index (χ3n) is 3.59. The van der Waals surface area contributed by atoms with Gasteiger partial charge >= 0.3 is 0 Å². The van der Waals surface area contributed by atoms with Crippen molar-refractivity contribution in [2.45, 2.75) is 5.16 Å². The fraction of sp³-hybridized carbons (Fsp3) is 0.158. The van der Waals surface area contributed by atoms with E-state index in [0.29, 0.717) is 11.5 Å². The van der Waals surface area contributed by atoms with E-state index in [1.165, 1.54) is 0 Å². The number of ether oxygens (including phenoxy) is 2. The molecule has 0 spiro atoms. The molecule has 0 atom stereocenters. The van der Waals surface area contributed by atoms with Gasteiger partial charge in [0.1, 0.15) is 11.5 Å². The Kier molecular flexibility index (Phi) is 5.40. The van der Waals surface area contributed by atoms with Crippen LogP contribution in [0.25, 0.3) is 17.1 Å². The van der Waals surface area contributed by atoms with Gasteiger partial charge in [-0.15, -0.1) is 16.8 Å². The highest BCUT2D eigenvalue weighted by Crippen LogP contribution is 2.32. The molecular formula is C19H19N3O2S. The first-order valence-corrected chi connectivity index (χ1v) is 8.73. The van der Waals surface area contributed by atoms with Gasteiger partial charge in [-0.2, -0.15) is 0 Å². The molecule has 0 bridgehead atoms. The fourth-order valence-electron chi connectivity index (χ4n) is 2.43. The summed E-state index contributed by atoms with van der Waals surface area (Å²) in [6.45, 7) is 3.78. The van der Waals surface area contributed by atoms with Gasteiger partial charge in [0, 0.05) is 23.1 Å². The van der Waals surface area contributed by atoms with Crippen LogP contribution in [0.2, 0.25) is 0 Å². The van der Waals surface area contributed by atoms with Crippen LogP contribution in [-0.2, 0) is 0 Å². The van der Waals surface area contributed by atoms with E-state index in [0.717, 1.165) is 28.0 Å². The van der Waals surface area contributed by atoms with Gasteiger partial charge in [0.05, 0.1) is 14.2 Å². The number of aromatic nitrogens is 3. The lowest BCUT2D eigenvalue weighted by molar-refractivity contribution is 0.394. The molecule has 2 aromatic carbocycles. The topological polar surface area (TPSA) is 49.2 Å². The van der Waals surface area contributed by atoms with Gasteiger partial charge in [-0.05, 0) is 24.3 Å². The van der Waals surface area contributed by atoms with E-state index in [1.807, 2.05) is 59.2 Å². The lowest BCUT2D eigenvalue weighted by Crippen LogP contribution is -2.00. The molecule has 0 aliphatic carbocycles. The van der Waals surface area contributed by atoms with Gasteiger partial charge in [0.15, 0.2) is 11.0 Å². The maximum atomic E-state index is 5.38. The molecule has 25 heavy (non-hydrogen) atoms. The molecule has 6 heteroatoms. The van der Waals surface area contributed by atoms with Crippen LogP contribution in [-0.4, -0.2) is 34.7 Å². The summed E-state index contributed by atoms with van der Waals surface area (Å²) in [6, 6.07) is 15.7. The van der Waals surface area contributed by atoms with Gasteiger partial charge in [-0.1, -0.05) is 36.0 Å². The third kappa shape index (κ3) is 3.69. The highest BCUT2D eigenvalue weighted by atomic mass is 32.2. The Morgan fingerprint density at radius 2 is 1.72 bits per heavy atom. The molecule has 128 valence electrons. The van der Waals surface area contributed by atoms with Crippen molar-refractivity contribution >= 4 is 11.8 Å². The number of rotatable bonds is 7. The number of hydrogen-bond acceptors (Lipinski definition) is 5. The number of benzene rings is 2. The van der Waals surface area contributed by atoms with Crippen LogP contribution in [0.1, 0.15) is 0 Å². The zero-order chi connectivity index (χ0) is 17.6. The predicted octanol–water partition coefficient (Wildman–Crippen LogP) is 4.23. The molecule has 3 aromatic rings. The lowest BCUT2D eigenvalue weighted by atomic mass is 10.2. The summed E-state index contributed by atoms with van der Waals surface area (Å²) < 4.78 is 12.8. The molecule has 5 nitrogen and oxygen atoms in total. The zero-order valence-corrected chi connectivity index (χ0v) is 15.0. The standard InChI is InChI=1S/C19H19N3O2S/c1-4-10-25-19-21-20-18(22(19)15-8-6-5-7-9-15)14-11-16(23-2)13-17(12-14)24-3/h4-9,11-13H,1,10H2,2-3H3. The van der Waals surface area contributed by atoms with Crippen molar-refractivity contribution in [3.63, 3.8) is 0 Å². The molecule has 1 aromatic heterocycles. The maximum Gasteiger partial charge on any atom is 0.196 e. The van der Waals surface area contributed by atoms with Crippen molar-refractivity contribution in [3.8, 4) is 28.6 Å². The van der Waals surface area contributed by atoms with Gasteiger partial charge < -0.3 is 9.47 Å². The summed E-state index contributed by atoms with van der Waals surface area (Å²) >= 11 is 1.59. The minimum Gasteiger partial charge on any atom is -0.497 e. The van der Waals surface area contributed by atoms with E-state index in [4.69, 9.17) is 9.47 Å². The molecule has 0 fully saturated rings. The van der Waals surface area contributed by atoms with Crippen molar-refractivity contribution < 1.29 is 9.47 Å². The first-order valence-electron chi connectivity index (χ1n) is 7.74. The Bertz CT molecular complexity index is 840. The number of hydrogen-bond donors (Lipinski definition) is 0. The van der Waals surface area contributed by atoms with Crippen molar-refractivity contribution in [3.05, 3.63) is 61.2 Å². The summed E-state index contributed by atoms with van der Waals surface area (Å²) in [7, 11) is 3.26. The van der Waals surface area contributed by atoms with Gasteiger partial charge in [0.25, 0.3) is 0 Å². The second kappa shape index (κ2) is 7.90. The Hall–Kier alpha value is -2.73. The van der Waals surface area contributed by atoms with Crippen LogP contribution in [0.4, 0.5) is 0 Å². The first-order chi connectivity index (χ1) is 12.3. The van der Waals surface area contributed by atoms with Crippen LogP contribution in [0, 0.1) is 0 Å². The number of nitrogens with zero attached hydrogens (tertiary/aromatic N) is 3. The SMILES string of the molecule is C=CCSc1nnc(-c2cc(OC)cc(OC)c2)n1-c1ccccc1. The molecule has 0 unspecified atom stereocenters. The minimum atomic E-state index is 0.706. The van der Waals surface area contributed by atoms with Crippen molar-refractivity contribution in [2.24, 2.45) is 0 Å². The second-order valence-electron chi connectivity index (χ2n) is 5.18. The van der Waals surface area contributed by atoms with Gasteiger partial charge in [0.2, 0.25) is 0 Å². The predicted molar refractivity (Wildman–Crippen MR) is 101 cm³/mol. The normalized spacial score (nSPS) is 10.5. The van der Waals surface area contributed by atoms with E-state index >= 15 is 0 Å². The largest absolute Gasteiger partial charge is 0.497 e. The van der Waals surface area contributed by atoms with E-state index in [-0.39, 0.29) is 0 Å². The number of para-hydroxylation sites is 1. The van der Waals surface area contributed by atoms with Crippen molar-refractivity contribution in [2.75, 3.05) is 20.0 Å².